The summed E-state index contributed by atoms with van der Waals surface area (Å²) >= 11 is 0. The molecular formula is C21H18N4O. The number of hydrogen-bond acceptors (Lipinski definition) is 5. The molecule has 2 heterocycles. The highest BCUT2D eigenvalue weighted by Gasteiger charge is 2.09. The number of phenols is 1. The van der Waals surface area contributed by atoms with Gasteiger partial charge in [-0.3, -0.25) is 4.98 Å². The normalized spacial score (nSPS) is 10.8. The van der Waals surface area contributed by atoms with Gasteiger partial charge in [0.1, 0.15) is 11.6 Å². The molecule has 0 saturated heterocycles. The van der Waals surface area contributed by atoms with Crippen molar-refractivity contribution < 1.29 is 5.11 Å². The molecule has 0 atom stereocenters. The van der Waals surface area contributed by atoms with Crippen molar-refractivity contribution in [2.24, 2.45) is 0 Å². The monoisotopic (exact) mass is 342 g/mol. The third-order valence-electron chi connectivity index (χ3n) is 4.14. The summed E-state index contributed by atoms with van der Waals surface area (Å²) in [6.45, 7) is 0.705. The Morgan fingerprint density at radius 2 is 1.85 bits per heavy atom. The van der Waals surface area contributed by atoms with E-state index in [-0.39, 0.29) is 5.75 Å². The topological polar surface area (TPSA) is 70.9 Å². The number of nitrogens with zero attached hydrogens (tertiary/aromatic N) is 3. The van der Waals surface area contributed by atoms with Crippen molar-refractivity contribution in [2.45, 2.75) is 6.42 Å². The lowest BCUT2D eigenvalue weighted by atomic mass is 10.1. The predicted octanol–water partition coefficient (Wildman–Crippen LogP) is 4.05. The Morgan fingerprint density at radius 3 is 2.69 bits per heavy atom. The number of fused-ring (bicyclic) bond motifs is 1. The summed E-state index contributed by atoms with van der Waals surface area (Å²) in [6, 6.07) is 19.1. The first-order valence-electron chi connectivity index (χ1n) is 8.48. The van der Waals surface area contributed by atoms with Gasteiger partial charge in [-0.15, -0.1) is 0 Å². The van der Waals surface area contributed by atoms with E-state index < -0.39 is 0 Å². The van der Waals surface area contributed by atoms with Gasteiger partial charge >= 0.3 is 0 Å². The van der Waals surface area contributed by atoms with Crippen molar-refractivity contribution in [2.75, 3.05) is 11.9 Å². The molecule has 0 bridgehead atoms. The van der Waals surface area contributed by atoms with Crippen molar-refractivity contribution >= 4 is 16.7 Å². The lowest BCUT2D eigenvalue weighted by molar-refractivity contribution is 0.474. The molecule has 2 N–H and O–H groups in total. The van der Waals surface area contributed by atoms with E-state index in [1.165, 1.54) is 0 Å². The second kappa shape index (κ2) is 7.19. The van der Waals surface area contributed by atoms with E-state index in [4.69, 9.17) is 4.98 Å². The van der Waals surface area contributed by atoms with Crippen LogP contribution in [0.3, 0.4) is 0 Å². The summed E-state index contributed by atoms with van der Waals surface area (Å²) in [4.78, 5) is 13.5. The molecule has 4 aromatic rings. The zero-order chi connectivity index (χ0) is 17.8. The first-order valence-corrected chi connectivity index (χ1v) is 8.48. The Kier molecular flexibility index (Phi) is 4.43. The van der Waals surface area contributed by atoms with Crippen LogP contribution in [-0.4, -0.2) is 26.6 Å². The van der Waals surface area contributed by atoms with Crippen LogP contribution in [0.25, 0.3) is 22.3 Å². The number of aromatic hydroxyl groups is 1. The van der Waals surface area contributed by atoms with Crippen LogP contribution in [0.4, 0.5) is 5.82 Å². The van der Waals surface area contributed by atoms with E-state index in [1.807, 2.05) is 48.5 Å². The molecule has 2 aromatic heterocycles. The molecule has 0 unspecified atom stereocenters. The maximum atomic E-state index is 9.59. The minimum atomic E-state index is 0.286. The molecule has 2 aromatic carbocycles. The highest BCUT2D eigenvalue weighted by atomic mass is 16.3. The fourth-order valence-corrected chi connectivity index (χ4v) is 2.87. The molecule has 128 valence electrons. The molecule has 0 amide bonds. The van der Waals surface area contributed by atoms with Crippen molar-refractivity contribution in [1.82, 2.24) is 15.0 Å². The molecule has 5 heteroatoms. The fraction of sp³-hybridized carbons (Fsp3) is 0.0952. The Labute approximate surface area is 151 Å². The number of phenolic OH excluding ortho intramolecular Hbond substituents is 1. The van der Waals surface area contributed by atoms with E-state index in [0.29, 0.717) is 12.4 Å². The number of nitrogens with one attached hydrogen (secondary N) is 1. The molecule has 0 aliphatic rings. The molecule has 0 spiro atoms. The van der Waals surface area contributed by atoms with Crippen LogP contribution < -0.4 is 5.32 Å². The number of aromatic nitrogens is 3. The van der Waals surface area contributed by atoms with Gasteiger partial charge in [-0.2, -0.15) is 0 Å². The lowest BCUT2D eigenvalue weighted by Crippen LogP contribution is -2.08. The van der Waals surface area contributed by atoms with Crippen molar-refractivity contribution in [1.29, 1.82) is 0 Å². The van der Waals surface area contributed by atoms with Gasteiger partial charge in [0.05, 0.1) is 5.52 Å². The maximum absolute atomic E-state index is 9.59. The minimum absolute atomic E-state index is 0.286. The highest BCUT2D eigenvalue weighted by molar-refractivity contribution is 5.90. The van der Waals surface area contributed by atoms with Gasteiger partial charge in [0.25, 0.3) is 0 Å². The van der Waals surface area contributed by atoms with E-state index in [2.05, 4.69) is 15.3 Å². The summed E-state index contributed by atoms with van der Waals surface area (Å²) in [7, 11) is 0. The first kappa shape index (κ1) is 16.0. The number of benzene rings is 2. The van der Waals surface area contributed by atoms with E-state index in [9.17, 15) is 5.11 Å². The van der Waals surface area contributed by atoms with Gasteiger partial charge in [-0.1, -0.05) is 24.3 Å². The second-order valence-corrected chi connectivity index (χ2v) is 6.00. The number of hydrogen-bond donors (Lipinski definition) is 2. The van der Waals surface area contributed by atoms with Crippen LogP contribution in [0.1, 0.15) is 5.56 Å². The van der Waals surface area contributed by atoms with E-state index in [1.54, 1.807) is 24.5 Å². The van der Waals surface area contributed by atoms with Crippen LogP contribution >= 0.6 is 0 Å². The number of para-hydroxylation sites is 1. The number of rotatable bonds is 5. The van der Waals surface area contributed by atoms with E-state index >= 15 is 0 Å². The van der Waals surface area contributed by atoms with Crippen molar-refractivity contribution in [3.8, 4) is 17.1 Å². The number of anilines is 1. The summed E-state index contributed by atoms with van der Waals surface area (Å²) in [5.74, 6) is 1.74. The Hall–Kier alpha value is -3.47. The summed E-state index contributed by atoms with van der Waals surface area (Å²) in [5.41, 5.74) is 2.85. The van der Waals surface area contributed by atoms with Gasteiger partial charge in [0.2, 0.25) is 0 Å². The first-order chi connectivity index (χ1) is 12.8. The third kappa shape index (κ3) is 3.47. The smallest absolute Gasteiger partial charge is 0.163 e. The van der Waals surface area contributed by atoms with Gasteiger partial charge in [0, 0.05) is 29.9 Å². The van der Waals surface area contributed by atoms with Crippen LogP contribution in [-0.2, 0) is 6.42 Å². The highest BCUT2D eigenvalue weighted by Crippen LogP contribution is 2.24. The quantitative estimate of drug-likeness (QED) is 0.572. The van der Waals surface area contributed by atoms with Crippen LogP contribution in [0.2, 0.25) is 0 Å². The minimum Gasteiger partial charge on any atom is -0.508 e. The van der Waals surface area contributed by atoms with Crippen LogP contribution in [0.5, 0.6) is 5.75 Å². The summed E-state index contributed by atoms with van der Waals surface area (Å²) < 4.78 is 0. The summed E-state index contributed by atoms with van der Waals surface area (Å²) in [6.07, 6.45) is 4.29. The molecule has 0 fully saturated rings. The average molecular weight is 342 g/mol. The molecule has 0 radical (unpaired) electrons. The Bertz CT molecular complexity index is 1030. The Balaban J connectivity index is 1.62. The molecular weight excluding hydrogens is 324 g/mol. The van der Waals surface area contributed by atoms with Gasteiger partial charge < -0.3 is 10.4 Å². The lowest BCUT2D eigenvalue weighted by Gasteiger charge is -2.11. The zero-order valence-electron chi connectivity index (χ0n) is 14.1. The average Bonchev–Trinajstić information content (AvgIpc) is 2.68. The predicted molar refractivity (Wildman–Crippen MR) is 103 cm³/mol. The second-order valence-electron chi connectivity index (χ2n) is 6.00. The summed E-state index contributed by atoms with van der Waals surface area (Å²) in [5, 5.41) is 14.0. The molecule has 4 rings (SSSR count). The largest absolute Gasteiger partial charge is 0.508 e. The van der Waals surface area contributed by atoms with Gasteiger partial charge in [0.15, 0.2) is 5.82 Å². The Morgan fingerprint density at radius 1 is 0.923 bits per heavy atom. The molecule has 5 nitrogen and oxygen atoms in total. The van der Waals surface area contributed by atoms with Gasteiger partial charge in [-0.25, -0.2) is 9.97 Å². The molecule has 26 heavy (non-hydrogen) atoms. The van der Waals surface area contributed by atoms with Crippen molar-refractivity contribution in [3.63, 3.8) is 0 Å². The maximum Gasteiger partial charge on any atom is 0.163 e. The molecule has 0 saturated carbocycles. The van der Waals surface area contributed by atoms with Crippen molar-refractivity contribution in [3.05, 3.63) is 78.6 Å². The third-order valence-corrected chi connectivity index (χ3v) is 4.14. The SMILES string of the molecule is Oc1cccc(CCNc2nc(-c3cccnc3)nc3ccccc23)c1. The van der Waals surface area contributed by atoms with Crippen LogP contribution in [0.15, 0.2) is 73.1 Å². The standard InChI is InChI=1S/C21H18N4O/c26-17-7-3-5-15(13-17)10-12-23-21-18-8-1-2-9-19(18)24-20(25-21)16-6-4-11-22-14-16/h1-9,11,13-14,26H,10,12H2,(H,23,24,25). The fourth-order valence-electron chi connectivity index (χ4n) is 2.87. The van der Waals surface area contributed by atoms with Gasteiger partial charge in [-0.05, 0) is 48.4 Å². The zero-order valence-corrected chi connectivity index (χ0v) is 14.1. The van der Waals surface area contributed by atoms with E-state index in [0.717, 1.165) is 34.3 Å². The molecule has 0 aliphatic heterocycles. The number of pyridine rings is 1. The molecule has 0 aliphatic carbocycles. The van der Waals surface area contributed by atoms with Crippen LogP contribution in [0, 0.1) is 0 Å².